The number of urea groups is 1. The van der Waals surface area contributed by atoms with E-state index in [2.05, 4.69) is 10.6 Å². The lowest BCUT2D eigenvalue weighted by molar-refractivity contribution is -0.133. The van der Waals surface area contributed by atoms with Crippen LogP contribution in [0, 0.1) is 0 Å². The van der Waals surface area contributed by atoms with Crippen LogP contribution >= 0.6 is 23.4 Å². The van der Waals surface area contributed by atoms with Crippen LogP contribution in [0.3, 0.4) is 0 Å². The van der Waals surface area contributed by atoms with Crippen LogP contribution in [-0.4, -0.2) is 29.3 Å². The Kier molecular flexibility index (Phi) is 6.21. The molecule has 2 N–H and O–H groups in total. The highest BCUT2D eigenvalue weighted by molar-refractivity contribution is 7.99. The van der Waals surface area contributed by atoms with E-state index < -0.39 is 29.9 Å². The Morgan fingerprint density at radius 3 is 2.50 bits per heavy atom. The van der Waals surface area contributed by atoms with Crippen molar-refractivity contribution in [2.45, 2.75) is 22.3 Å². The number of anilines is 1. The van der Waals surface area contributed by atoms with Gasteiger partial charge in [-0.15, -0.1) is 0 Å². The van der Waals surface area contributed by atoms with Crippen LogP contribution in [0.5, 0.6) is 0 Å². The maximum atomic E-state index is 13.1. The highest BCUT2D eigenvalue weighted by Crippen LogP contribution is 2.34. The molecule has 1 saturated heterocycles. The van der Waals surface area contributed by atoms with Crippen LogP contribution in [-0.2, 0) is 15.1 Å². The average Bonchev–Trinajstić information content (AvgIpc) is 3.00. The van der Waals surface area contributed by atoms with Crippen molar-refractivity contribution in [3.8, 4) is 0 Å². The number of carbonyl (C=O) groups excluding carboxylic acids is 3. The number of rotatable bonds is 6. The first-order valence-corrected chi connectivity index (χ1v) is 11.1. The van der Waals surface area contributed by atoms with Crippen molar-refractivity contribution >= 4 is 46.9 Å². The molecule has 4 rings (SSSR count). The maximum Gasteiger partial charge on any atom is 0.325 e. The average molecular weight is 466 g/mol. The third-order valence-electron chi connectivity index (χ3n) is 5.11. The van der Waals surface area contributed by atoms with Gasteiger partial charge in [0.25, 0.3) is 5.91 Å². The molecule has 1 atom stereocenters. The number of nitrogens with one attached hydrogen (secondary N) is 2. The summed E-state index contributed by atoms with van der Waals surface area (Å²) in [4.78, 5) is 41.1. The van der Waals surface area contributed by atoms with Crippen LogP contribution in [0.15, 0.2) is 88.7 Å². The SMILES string of the molecule is CC1(c2cccc(Cl)c2)NC(=O)N(CC(=O)Nc2ccccc2Sc2ccccc2)C1=O. The summed E-state index contributed by atoms with van der Waals surface area (Å²) in [6.45, 7) is 1.20. The quantitative estimate of drug-likeness (QED) is 0.508. The Morgan fingerprint density at radius 2 is 1.75 bits per heavy atom. The zero-order chi connectivity index (χ0) is 22.7. The fourth-order valence-electron chi connectivity index (χ4n) is 3.44. The molecule has 0 spiro atoms. The Balaban J connectivity index is 1.48. The second-order valence-corrected chi connectivity index (χ2v) is 8.97. The van der Waals surface area contributed by atoms with Crippen molar-refractivity contribution in [2.24, 2.45) is 0 Å². The van der Waals surface area contributed by atoms with E-state index in [4.69, 9.17) is 11.6 Å². The minimum absolute atomic E-state index is 0.398. The monoisotopic (exact) mass is 465 g/mol. The van der Waals surface area contributed by atoms with E-state index in [1.807, 2.05) is 48.5 Å². The molecule has 0 bridgehead atoms. The molecule has 1 aliphatic rings. The predicted molar refractivity (Wildman–Crippen MR) is 125 cm³/mol. The zero-order valence-corrected chi connectivity index (χ0v) is 18.7. The lowest BCUT2D eigenvalue weighted by Crippen LogP contribution is -2.42. The normalized spacial score (nSPS) is 17.9. The van der Waals surface area contributed by atoms with Gasteiger partial charge in [-0.2, -0.15) is 0 Å². The number of imide groups is 1. The molecule has 0 aliphatic carbocycles. The van der Waals surface area contributed by atoms with E-state index in [9.17, 15) is 14.4 Å². The van der Waals surface area contributed by atoms with Gasteiger partial charge in [-0.3, -0.25) is 14.5 Å². The molecule has 162 valence electrons. The van der Waals surface area contributed by atoms with Crippen LogP contribution in [0.4, 0.5) is 10.5 Å². The summed E-state index contributed by atoms with van der Waals surface area (Å²) in [7, 11) is 0. The lowest BCUT2D eigenvalue weighted by Gasteiger charge is -2.22. The smallest absolute Gasteiger partial charge is 0.323 e. The highest BCUT2D eigenvalue weighted by atomic mass is 35.5. The first-order chi connectivity index (χ1) is 15.4. The van der Waals surface area contributed by atoms with Crippen molar-refractivity contribution < 1.29 is 14.4 Å². The summed E-state index contributed by atoms with van der Waals surface area (Å²) in [6, 6.07) is 23.3. The molecule has 1 fully saturated rings. The minimum atomic E-state index is -1.29. The molecule has 3 aromatic carbocycles. The van der Waals surface area contributed by atoms with Gasteiger partial charge in [-0.25, -0.2) is 4.79 Å². The van der Waals surface area contributed by atoms with Gasteiger partial charge in [-0.05, 0) is 48.9 Å². The Bertz CT molecular complexity index is 1190. The molecule has 1 aliphatic heterocycles. The summed E-state index contributed by atoms with van der Waals surface area (Å²) >= 11 is 7.56. The summed E-state index contributed by atoms with van der Waals surface area (Å²) in [5.74, 6) is -0.975. The van der Waals surface area contributed by atoms with Crippen LogP contribution in [0.2, 0.25) is 5.02 Å². The van der Waals surface area contributed by atoms with Gasteiger partial charge < -0.3 is 10.6 Å². The number of para-hydroxylation sites is 1. The van der Waals surface area contributed by atoms with Gasteiger partial charge in [0.1, 0.15) is 12.1 Å². The van der Waals surface area contributed by atoms with Gasteiger partial charge in [-0.1, -0.05) is 65.8 Å². The van der Waals surface area contributed by atoms with Gasteiger partial charge in [0.15, 0.2) is 0 Å². The van der Waals surface area contributed by atoms with Crippen molar-refractivity contribution in [3.05, 3.63) is 89.4 Å². The number of carbonyl (C=O) groups is 3. The molecule has 3 aromatic rings. The second kappa shape index (κ2) is 9.06. The van der Waals surface area contributed by atoms with E-state index in [0.29, 0.717) is 16.3 Å². The van der Waals surface area contributed by atoms with Crippen LogP contribution < -0.4 is 10.6 Å². The summed E-state index contributed by atoms with van der Waals surface area (Å²) in [5, 5.41) is 5.96. The molecular formula is C24H20ClN3O3S. The number of benzene rings is 3. The highest BCUT2D eigenvalue weighted by Gasteiger charge is 2.49. The van der Waals surface area contributed by atoms with E-state index in [0.717, 1.165) is 14.7 Å². The van der Waals surface area contributed by atoms with E-state index in [1.54, 1.807) is 37.3 Å². The molecule has 4 amide bonds. The standard InChI is InChI=1S/C24H20ClN3O3S/c1-24(16-8-7-9-17(25)14-16)22(30)28(23(31)27-24)15-21(29)26-19-12-5-6-13-20(19)32-18-10-3-2-4-11-18/h2-14H,15H2,1H3,(H,26,29)(H,27,31). The number of hydrogen-bond acceptors (Lipinski definition) is 4. The van der Waals surface area contributed by atoms with Gasteiger partial charge in [0.05, 0.1) is 5.69 Å². The number of nitrogens with zero attached hydrogens (tertiary/aromatic N) is 1. The summed E-state index contributed by atoms with van der Waals surface area (Å²) < 4.78 is 0. The fraction of sp³-hybridized carbons (Fsp3) is 0.125. The van der Waals surface area contributed by atoms with Gasteiger partial charge in [0, 0.05) is 14.8 Å². The van der Waals surface area contributed by atoms with Crippen LogP contribution in [0.1, 0.15) is 12.5 Å². The molecule has 0 aromatic heterocycles. The van der Waals surface area contributed by atoms with Crippen LogP contribution in [0.25, 0.3) is 0 Å². The maximum absolute atomic E-state index is 13.1. The molecule has 1 unspecified atom stereocenters. The topological polar surface area (TPSA) is 78.5 Å². The Morgan fingerprint density at radius 1 is 1.03 bits per heavy atom. The first kappa shape index (κ1) is 21.9. The van der Waals surface area contributed by atoms with E-state index >= 15 is 0 Å². The van der Waals surface area contributed by atoms with Crippen molar-refractivity contribution in [3.63, 3.8) is 0 Å². The Hall–Kier alpha value is -3.29. The van der Waals surface area contributed by atoms with Crippen molar-refractivity contribution in [1.82, 2.24) is 10.2 Å². The molecular weight excluding hydrogens is 446 g/mol. The fourth-order valence-corrected chi connectivity index (χ4v) is 4.56. The number of halogens is 1. The van der Waals surface area contributed by atoms with Crippen molar-refractivity contribution in [1.29, 1.82) is 0 Å². The molecule has 1 heterocycles. The zero-order valence-electron chi connectivity index (χ0n) is 17.2. The van der Waals surface area contributed by atoms with Gasteiger partial charge >= 0.3 is 6.03 Å². The third kappa shape index (κ3) is 4.49. The molecule has 8 heteroatoms. The lowest BCUT2D eigenvalue weighted by atomic mass is 9.92. The van der Waals surface area contributed by atoms with E-state index in [1.165, 1.54) is 11.8 Å². The predicted octanol–water partition coefficient (Wildman–Crippen LogP) is 4.90. The Labute approximate surface area is 194 Å². The second-order valence-electron chi connectivity index (χ2n) is 7.42. The van der Waals surface area contributed by atoms with Crippen molar-refractivity contribution in [2.75, 3.05) is 11.9 Å². The van der Waals surface area contributed by atoms with E-state index in [-0.39, 0.29) is 0 Å². The third-order valence-corrected chi connectivity index (χ3v) is 6.43. The first-order valence-electron chi connectivity index (χ1n) is 9.89. The molecule has 32 heavy (non-hydrogen) atoms. The van der Waals surface area contributed by atoms with Gasteiger partial charge in [0.2, 0.25) is 5.91 Å². The number of hydrogen-bond donors (Lipinski definition) is 2. The molecule has 6 nitrogen and oxygen atoms in total. The minimum Gasteiger partial charge on any atom is -0.323 e. The largest absolute Gasteiger partial charge is 0.325 e. The molecule has 0 saturated carbocycles. The molecule has 0 radical (unpaired) electrons. The summed E-state index contributed by atoms with van der Waals surface area (Å²) in [5.41, 5.74) is -0.129. The number of amides is 4. The summed E-state index contributed by atoms with van der Waals surface area (Å²) in [6.07, 6.45) is 0.